The predicted molar refractivity (Wildman–Crippen MR) is 78.9 cm³/mol. The molecule has 9 heteroatoms. The summed E-state index contributed by atoms with van der Waals surface area (Å²) < 4.78 is 7.06. The van der Waals surface area contributed by atoms with Gasteiger partial charge in [-0.3, -0.25) is 4.68 Å². The minimum Gasteiger partial charge on any atom is -0.378 e. The first kappa shape index (κ1) is 13.6. The SMILES string of the molecule is CNc1nc(Nc2ccn(C)n2)nc(N2CCOCC2)n1. The molecular weight excluding hydrogens is 272 g/mol. The van der Waals surface area contributed by atoms with Gasteiger partial charge >= 0.3 is 0 Å². The van der Waals surface area contributed by atoms with Crippen LogP contribution in [0.4, 0.5) is 23.7 Å². The first-order valence-electron chi connectivity index (χ1n) is 6.78. The van der Waals surface area contributed by atoms with Gasteiger partial charge < -0.3 is 20.3 Å². The second kappa shape index (κ2) is 5.92. The van der Waals surface area contributed by atoms with E-state index in [-0.39, 0.29) is 0 Å². The van der Waals surface area contributed by atoms with Gasteiger partial charge in [-0.1, -0.05) is 0 Å². The molecule has 1 aliphatic rings. The lowest BCUT2D eigenvalue weighted by atomic mass is 10.4. The Hall–Kier alpha value is -2.42. The fourth-order valence-corrected chi connectivity index (χ4v) is 2.03. The average Bonchev–Trinajstić information content (AvgIpc) is 2.93. The lowest BCUT2D eigenvalue weighted by molar-refractivity contribution is 0.122. The summed E-state index contributed by atoms with van der Waals surface area (Å²) in [5, 5.41) is 10.3. The van der Waals surface area contributed by atoms with Crippen LogP contribution in [-0.4, -0.2) is 58.1 Å². The molecular formula is C12H18N8O. The molecule has 0 aromatic carbocycles. The molecule has 1 aliphatic heterocycles. The molecule has 2 aromatic rings. The summed E-state index contributed by atoms with van der Waals surface area (Å²) in [4.78, 5) is 15.2. The van der Waals surface area contributed by atoms with Crippen LogP contribution in [0.5, 0.6) is 0 Å². The highest BCUT2D eigenvalue weighted by Gasteiger charge is 2.16. The lowest BCUT2D eigenvalue weighted by Gasteiger charge is -2.27. The maximum atomic E-state index is 5.35. The molecule has 112 valence electrons. The second-order valence-electron chi connectivity index (χ2n) is 4.63. The Morgan fingerprint density at radius 2 is 1.90 bits per heavy atom. The number of ether oxygens (including phenoxy) is 1. The summed E-state index contributed by atoms with van der Waals surface area (Å²) in [6.45, 7) is 2.92. The summed E-state index contributed by atoms with van der Waals surface area (Å²) in [7, 11) is 3.64. The van der Waals surface area contributed by atoms with Gasteiger partial charge in [0.25, 0.3) is 0 Å². The summed E-state index contributed by atoms with van der Waals surface area (Å²) in [5.41, 5.74) is 0. The average molecular weight is 290 g/mol. The van der Waals surface area contributed by atoms with Crippen molar-refractivity contribution >= 4 is 23.7 Å². The summed E-state index contributed by atoms with van der Waals surface area (Å²) >= 11 is 0. The Bertz CT molecular complexity index is 607. The van der Waals surface area contributed by atoms with Crippen molar-refractivity contribution in [3.05, 3.63) is 12.3 Å². The molecule has 0 radical (unpaired) electrons. The van der Waals surface area contributed by atoms with Crippen LogP contribution in [0.1, 0.15) is 0 Å². The van der Waals surface area contributed by atoms with Crippen LogP contribution in [0.3, 0.4) is 0 Å². The van der Waals surface area contributed by atoms with Crippen LogP contribution in [-0.2, 0) is 11.8 Å². The van der Waals surface area contributed by atoms with Crippen molar-refractivity contribution in [1.82, 2.24) is 24.7 Å². The van der Waals surface area contributed by atoms with Gasteiger partial charge in [-0.25, -0.2) is 0 Å². The molecule has 21 heavy (non-hydrogen) atoms. The van der Waals surface area contributed by atoms with Gasteiger partial charge in [-0.2, -0.15) is 20.1 Å². The zero-order chi connectivity index (χ0) is 14.7. The standard InChI is InChI=1S/C12H18N8O/c1-13-10-15-11(14-9-3-4-19(2)18-9)17-12(16-10)20-5-7-21-8-6-20/h3-4H,5-8H2,1-2H3,(H2,13,14,15,16,17,18). The van der Waals surface area contributed by atoms with Crippen LogP contribution < -0.4 is 15.5 Å². The van der Waals surface area contributed by atoms with Crippen LogP contribution in [0.15, 0.2) is 12.3 Å². The van der Waals surface area contributed by atoms with E-state index in [1.807, 2.05) is 19.3 Å². The predicted octanol–water partition coefficient (Wildman–Crippen LogP) is 0.227. The third-order valence-corrected chi connectivity index (χ3v) is 3.09. The molecule has 2 N–H and O–H groups in total. The molecule has 0 atom stereocenters. The minimum atomic E-state index is 0.467. The number of aryl methyl sites for hydroxylation is 1. The van der Waals surface area contributed by atoms with E-state index in [0.717, 1.165) is 13.1 Å². The number of hydrogen-bond acceptors (Lipinski definition) is 8. The first-order chi connectivity index (χ1) is 10.2. The fourth-order valence-electron chi connectivity index (χ4n) is 2.03. The highest BCUT2D eigenvalue weighted by Crippen LogP contribution is 2.17. The third kappa shape index (κ3) is 3.19. The zero-order valence-corrected chi connectivity index (χ0v) is 12.1. The van der Waals surface area contributed by atoms with Gasteiger partial charge in [0.05, 0.1) is 13.2 Å². The van der Waals surface area contributed by atoms with E-state index in [9.17, 15) is 0 Å². The Labute approximate surface area is 122 Å². The number of rotatable bonds is 4. The van der Waals surface area contributed by atoms with Crippen LogP contribution in [0.25, 0.3) is 0 Å². The van der Waals surface area contributed by atoms with Crippen molar-refractivity contribution in [2.24, 2.45) is 7.05 Å². The van der Waals surface area contributed by atoms with Gasteiger partial charge in [0.15, 0.2) is 5.82 Å². The topological polar surface area (TPSA) is 93.0 Å². The Morgan fingerprint density at radius 3 is 2.57 bits per heavy atom. The maximum Gasteiger partial charge on any atom is 0.235 e. The number of morpholine rings is 1. The van der Waals surface area contributed by atoms with Gasteiger partial charge in [-0.05, 0) is 0 Å². The number of nitrogens with one attached hydrogen (secondary N) is 2. The second-order valence-corrected chi connectivity index (χ2v) is 4.63. The van der Waals surface area contributed by atoms with Crippen LogP contribution >= 0.6 is 0 Å². The monoisotopic (exact) mass is 290 g/mol. The molecule has 0 bridgehead atoms. The van der Waals surface area contributed by atoms with E-state index in [1.165, 1.54) is 0 Å². The number of nitrogens with zero attached hydrogens (tertiary/aromatic N) is 6. The molecule has 9 nitrogen and oxygen atoms in total. The van der Waals surface area contributed by atoms with Crippen molar-refractivity contribution in [2.75, 3.05) is 48.9 Å². The normalized spacial score (nSPS) is 15.0. The molecule has 3 heterocycles. The van der Waals surface area contributed by atoms with E-state index in [1.54, 1.807) is 11.7 Å². The highest BCUT2D eigenvalue weighted by atomic mass is 16.5. The van der Waals surface area contributed by atoms with E-state index in [4.69, 9.17) is 4.74 Å². The molecule has 2 aromatic heterocycles. The van der Waals surface area contributed by atoms with Gasteiger partial charge in [0.1, 0.15) is 0 Å². The fraction of sp³-hybridized carbons (Fsp3) is 0.500. The molecule has 0 spiro atoms. The third-order valence-electron chi connectivity index (χ3n) is 3.09. The zero-order valence-electron chi connectivity index (χ0n) is 12.1. The highest BCUT2D eigenvalue weighted by molar-refractivity contribution is 5.51. The summed E-state index contributed by atoms with van der Waals surface area (Å²) in [5.74, 6) is 2.31. The Morgan fingerprint density at radius 1 is 1.14 bits per heavy atom. The van der Waals surface area contributed by atoms with Gasteiger partial charge in [-0.15, -0.1) is 0 Å². The van der Waals surface area contributed by atoms with E-state index >= 15 is 0 Å². The number of hydrogen-bond donors (Lipinski definition) is 2. The molecule has 1 fully saturated rings. The maximum absolute atomic E-state index is 5.35. The largest absolute Gasteiger partial charge is 0.378 e. The summed E-state index contributed by atoms with van der Waals surface area (Å²) in [6, 6.07) is 1.86. The van der Waals surface area contributed by atoms with Crippen molar-refractivity contribution < 1.29 is 4.74 Å². The minimum absolute atomic E-state index is 0.467. The molecule has 0 saturated carbocycles. The van der Waals surface area contributed by atoms with E-state index in [0.29, 0.717) is 36.9 Å². The summed E-state index contributed by atoms with van der Waals surface area (Å²) in [6.07, 6.45) is 1.85. The van der Waals surface area contributed by atoms with Crippen molar-refractivity contribution in [1.29, 1.82) is 0 Å². The smallest absolute Gasteiger partial charge is 0.235 e. The molecule has 3 rings (SSSR count). The van der Waals surface area contributed by atoms with Gasteiger partial charge in [0.2, 0.25) is 17.8 Å². The quantitative estimate of drug-likeness (QED) is 0.826. The van der Waals surface area contributed by atoms with Crippen molar-refractivity contribution in [3.8, 4) is 0 Å². The lowest BCUT2D eigenvalue weighted by Crippen LogP contribution is -2.37. The van der Waals surface area contributed by atoms with E-state index in [2.05, 4.69) is 35.6 Å². The first-order valence-corrected chi connectivity index (χ1v) is 6.78. The van der Waals surface area contributed by atoms with E-state index < -0.39 is 0 Å². The van der Waals surface area contributed by atoms with Crippen LogP contribution in [0.2, 0.25) is 0 Å². The number of anilines is 4. The number of aromatic nitrogens is 5. The van der Waals surface area contributed by atoms with Gasteiger partial charge in [0, 0.05) is 39.4 Å². The molecule has 0 aliphatic carbocycles. The Balaban J connectivity index is 1.85. The van der Waals surface area contributed by atoms with Crippen molar-refractivity contribution in [3.63, 3.8) is 0 Å². The molecule has 0 amide bonds. The van der Waals surface area contributed by atoms with Crippen LogP contribution in [0, 0.1) is 0 Å². The Kier molecular flexibility index (Phi) is 3.82. The van der Waals surface area contributed by atoms with Crippen molar-refractivity contribution in [2.45, 2.75) is 0 Å². The molecule has 1 saturated heterocycles. The molecule has 0 unspecified atom stereocenters.